The normalized spacial score (nSPS) is 11.0. The zero-order valence-corrected chi connectivity index (χ0v) is 19.2. The van der Waals surface area contributed by atoms with E-state index in [0.717, 1.165) is 21.5 Å². The highest BCUT2D eigenvalue weighted by atomic mass is 79.9. The van der Waals surface area contributed by atoms with Gasteiger partial charge in [0.2, 0.25) is 0 Å². The summed E-state index contributed by atoms with van der Waals surface area (Å²) in [7, 11) is 0. The second kappa shape index (κ2) is 8.87. The van der Waals surface area contributed by atoms with Gasteiger partial charge in [0.25, 0.3) is 5.91 Å². The summed E-state index contributed by atoms with van der Waals surface area (Å²) in [6, 6.07) is 17.5. The van der Waals surface area contributed by atoms with Crippen molar-refractivity contribution in [2.24, 2.45) is 0 Å². The van der Waals surface area contributed by atoms with Gasteiger partial charge in [0.1, 0.15) is 11.3 Å². The smallest absolute Gasteiger partial charge is 0.261 e. The number of ether oxygens (including phenoxy) is 1. The van der Waals surface area contributed by atoms with Gasteiger partial charge in [0.15, 0.2) is 12.4 Å². The number of nitrogens with one attached hydrogen (secondary N) is 1. The molecule has 5 rings (SSSR count). The first kappa shape index (κ1) is 20.9. The van der Waals surface area contributed by atoms with Gasteiger partial charge in [-0.25, -0.2) is 14.2 Å². The summed E-state index contributed by atoms with van der Waals surface area (Å²) in [6.45, 7) is 2.26. The highest BCUT2D eigenvalue weighted by Gasteiger charge is 2.17. The number of aryl methyl sites for hydroxylation is 1. The molecule has 0 aliphatic carbocycles. The Balaban J connectivity index is 1.31. The number of hydrogen-bond acceptors (Lipinski definition) is 5. The molecule has 0 aliphatic heterocycles. The largest absolute Gasteiger partial charge is 0.471 e. The van der Waals surface area contributed by atoms with Gasteiger partial charge in [-0.3, -0.25) is 4.79 Å². The third-order valence-electron chi connectivity index (χ3n) is 5.06. The molecule has 3 heterocycles. The molecule has 0 saturated heterocycles. The maximum Gasteiger partial charge on any atom is 0.261 e. The molecule has 0 atom stereocenters. The molecule has 0 bridgehead atoms. The van der Waals surface area contributed by atoms with Crippen molar-refractivity contribution in [3.63, 3.8) is 0 Å². The van der Waals surface area contributed by atoms with Gasteiger partial charge >= 0.3 is 0 Å². The molecule has 0 spiro atoms. The van der Waals surface area contributed by atoms with E-state index in [1.54, 1.807) is 27.8 Å². The van der Waals surface area contributed by atoms with Crippen LogP contribution in [0.5, 0.6) is 5.75 Å². The van der Waals surface area contributed by atoms with Crippen LogP contribution in [0.3, 0.4) is 0 Å². The van der Waals surface area contributed by atoms with E-state index in [-0.39, 0.29) is 12.6 Å². The van der Waals surface area contributed by atoms with Crippen LogP contribution < -0.4 is 10.1 Å². The number of nitrogens with zero attached hydrogens (tertiary/aromatic N) is 5. The van der Waals surface area contributed by atoms with Gasteiger partial charge in [-0.05, 0) is 37.3 Å². The second-order valence-corrected chi connectivity index (χ2v) is 8.36. The van der Waals surface area contributed by atoms with Crippen molar-refractivity contribution in [1.82, 2.24) is 24.4 Å². The number of carbonyl (C=O) groups excluding carboxylic acids is 1. The summed E-state index contributed by atoms with van der Waals surface area (Å²) in [6.07, 6.45) is 6.48. The van der Waals surface area contributed by atoms with Crippen molar-refractivity contribution in [1.29, 1.82) is 0 Å². The molecule has 0 aliphatic rings. The van der Waals surface area contributed by atoms with Gasteiger partial charge in [-0.15, -0.1) is 0 Å². The molecule has 2 aromatic carbocycles. The first-order chi connectivity index (χ1) is 16.1. The Morgan fingerprint density at radius 1 is 1.03 bits per heavy atom. The standard InChI is InChI=1S/C24H19BrN6O2/c1-16-2-4-17(5-3-16)22-10-11-26-23-21(13-28-31(22)23)24(32)29-19-12-27-30(14-19)15-33-20-8-6-18(25)7-9-20/h2-14H,15H2,1H3,(H,29,32). The topological polar surface area (TPSA) is 86.3 Å². The highest BCUT2D eigenvalue weighted by Crippen LogP contribution is 2.22. The molecule has 0 saturated carbocycles. The van der Waals surface area contributed by atoms with E-state index in [1.165, 1.54) is 11.8 Å². The van der Waals surface area contributed by atoms with Crippen LogP contribution in [0.1, 0.15) is 15.9 Å². The minimum Gasteiger partial charge on any atom is -0.471 e. The predicted octanol–water partition coefficient (Wildman–Crippen LogP) is 4.95. The van der Waals surface area contributed by atoms with Gasteiger partial charge in [-0.2, -0.15) is 10.2 Å². The first-order valence-electron chi connectivity index (χ1n) is 10.2. The Morgan fingerprint density at radius 3 is 2.61 bits per heavy atom. The first-order valence-corrected chi connectivity index (χ1v) is 11.0. The molecular weight excluding hydrogens is 484 g/mol. The summed E-state index contributed by atoms with van der Waals surface area (Å²) in [5.41, 5.74) is 4.44. The number of rotatable bonds is 6. The van der Waals surface area contributed by atoms with E-state index < -0.39 is 0 Å². The van der Waals surface area contributed by atoms with Crippen LogP contribution in [0.4, 0.5) is 5.69 Å². The molecular formula is C24H19BrN6O2. The molecule has 0 unspecified atom stereocenters. The average Bonchev–Trinajstić information content (AvgIpc) is 3.46. The van der Waals surface area contributed by atoms with Crippen LogP contribution in [0.2, 0.25) is 0 Å². The number of hydrogen-bond donors (Lipinski definition) is 1. The van der Waals surface area contributed by atoms with Crippen LogP contribution in [-0.2, 0) is 6.73 Å². The Kier molecular flexibility index (Phi) is 5.62. The predicted molar refractivity (Wildman–Crippen MR) is 128 cm³/mol. The zero-order valence-electron chi connectivity index (χ0n) is 17.6. The second-order valence-electron chi connectivity index (χ2n) is 7.44. The Hall–Kier alpha value is -3.98. The fourth-order valence-electron chi connectivity index (χ4n) is 3.36. The lowest BCUT2D eigenvalue weighted by atomic mass is 10.1. The lowest BCUT2D eigenvalue weighted by Gasteiger charge is -2.06. The van der Waals surface area contributed by atoms with E-state index in [9.17, 15) is 4.79 Å². The third-order valence-corrected chi connectivity index (χ3v) is 5.59. The van der Waals surface area contributed by atoms with Crippen LogP contribution in [0.25, 0.3) is 16.9 Å². The molecule has 3 aromatic heterocycles. The lowest BCUT2D eigenvalue weighted by molar-refractivity contribution is 0.102. The molecule has 164 valence electrons. The number of halogens is 1. The number of amides is 1. The summed E-state index contributed by atoms with van der Waals surface area (Å²) >= 11 is 3.39. The van der Waals surface area contributed by atoms with Gasteiger partial charge in [0.05, 0.1) is 30.0 Å². The van der Waals surface area contributed by atoms with Gasteiger partial charge < -0.3 is 10.1 Å². The molecule has 0 fully saturated rings. The van der Waals surface area contributed by atoms with Gasteiger partial charge in [-0.1, -0.05) is 45.8 Å². The summed E-state index contributed by atoms with van der Waals surface area (Å²) < 4.78 is 9.95. The van der Waals surface area contributed by atoms with E-state index in [0.29, 0.717) is 16.9 Å². The Bertz CT molecular complexity index is 1420. The van der Waals surface area contributed by atoms with Crippen LogP contribution in [0.15, 0.2) is 83.9 Å². The van der Waals surface area contributed by atoms with Crippen molar-refractivity contribution in [3.8, 4) is 17.0 Å². The zero-order chi connectivity index (χ0) is 22.8. The van der Waals surface area contributed by atoms with E-state index in [1.807, 2.05) is 61.5 Å². The van der Waals surface area contributed by atoms with E-state index >= 15 is 0 Å². The molecule has 5 aromatic rings. The van der Waals surface area contributed by atoms with Crippen LogP contribution in [0, 0.1) is 6.92 Å². The van der Waals surface area contributed by atoms with Crippen LogP contribution in [-0.4, -0.2) is 30.3 Å². The maximum atomic E-state index is 12.9. The summed E-state index contributed by atoms with van der Waals surface area (Å²) in [4.78, 5) is 17.3. The molecule has 33 heavy (non-hydrogen) atoms. The van der Waals surface area contributed by atoms with E-state index in [4.69, 9.17) is 4.74 Å². The molecule has 8 nitrogen and oxygen atoms in total. The number of fused-ring (bicyclic) bond motifs is 1. The number of benzene rings is 2. The summed E-state index contributed by atoms with van der Waals surface area (Å²) in [5.74, 6) is 0.410. The SMILES string of the molecule is Cc1ccc(-c2ccnc3c(C(=O)Nc4cnn(COc5ccc(Br)cc5)c4)cnn23)cc1. The van der Waals surface area contributed by atoms with Crippen LogP contribution >= 0.6 is 15.9 Å². The fourth-order valence-corrected chi connectivity index (χ4v) is 3.63. The molecule has 9 heteroatoms. The van der Waals surface area contributed by atoms with Crippen molar-refractivity contribution < 1.29 is 9.53 Å². The monoisotopic (exact) mass is 502 g/mol. The maximum absolute atomic E-state index is 12.9. The molecule has 0 radical (unpaired) electrons. The summed E-state index contributed by atoms with van der Waals surface area (Å²) in [5, 5.41) is 11.5. The van der Waals surface area contributed by atoms with Crippen molar-refractivity contribution in [2.45, 2.75) is 13.7 Å². The van der Waals surface area contributed by atoms with Crippen molar-refractivity contribution in [3.05, 3.63) is 95.0 Å². The third kappa shape index (κ3) is 4.49. The minimum absolute atomic E-state index is 0.218. The van der Waals surface area contributed by atoms with E-state index in [2.05, 4.69) is 36.4 Å². The number of aromatic nitrogens is 5. The minimum atomic E-state index is -0.313. The lowest BCUT2D eigenvalue weighted by Crippen LogP contribution is -2.12. The average molecular weight is 503 g/mol. The number of carbonyl (C=O) groups is 1. The van der Waals surface area contributed by atoms with Gasteiger partial charge in [0, 0.05) is 16.2 Å². The molecule has 1 N–H and O–H groups in total. The number of anilines is 1. The highest BCUT2D eigenvalue weighted by molar-refractivity contribution is 9.10. The van der Waals surface area contributed by atoms with Crippen molar-refractivity contribution in [2.75, 3.05) is 5.32 Å². The Morgan fingerprint density at radius 2 is 1.82 bits per heavy atom. The molecule has 1 amide bonds. The fraction of sp³-hybridized carbons (Fsp3) is 0.0833. The Labute approximate surface area is 198 Å². The quantitative estimate of drug-likeness (QED) is 0.354. The van der Waals surface area contributed by atoms with Crippen molar-refractivity contribution >= 4 is 33.2 Å².